The van der Waals surface area contributed by atoms with Crippen LogP contribution in [0.3, 0.4) is 0 Å². The molecule has 5 aromatic carbocycles. The molecule has 0 bridgehead atoms. The fourth-order valence-electron chi connectivity index (χ4n) is 6.86. The Morgan fingerprint density at radius 2 is 1.43 bits per heavy atom. The smallest absolute Gasteiger partial charge is 0.358 e. The number of nitrogens with zero attached hydrogens (tertiary/aromatic N) is 5. The van der Waals surface area contributed by atoms with E-state index in [1.54, 1.807) is 0 Å². The van der Waals surface area contributed by atoms with Crippen LogP contribution in [0.15, 0.2) is 128 Å². The Morgan fingerprint density at radius 1 is 0.714 bits per heavy atom. The zero-order valence-electron chi connectivity index (χ0n) is 28.5. The van der Waals surface area contributed by atoms with Crippen molar-refractivity contribution in [2.45, 2.75) is 46.1 Å². The van der Waals surface area contributed by atoms with Crippen LogP contribution in [-0.2, 0) is 26.5 Å². The number of anilines is 6. The molecule has 5 nitrogen and oxygen atoms in total. The zero-order valence-corrected chi connectivity index (χ0v) is 30.7. The largest absolute Gasteiger partial charge is 2.00 e. The second-order valence-electron chi connectivity index (χ2n) is 13.8. The van der Waals surface area contributed by atoms with E-state index in [0.29, 0.717) is 6.04 Å². The molecule has 0 N–H and O–H groups in total. The fraction of sp³-hybridized carbons (Fsp3) is 0.186. The Hall–Kier alpha value is -4.86. The molecule has 2 aromatic heterocycles. The first-order valence-corrected chi connectivity index (χ1v) is 16.7. The van der Waals surface area contributed by atoms with Crippen molar-refractivity contribution in [3.63, 3.8) is 0 Å². The molecule has 7 aromatic rings. The van der Waals surface area contributed by atoms with Gasteiger partial charge >= 0.3 is 21.1 Å². The van der Waals surface area contributed by atoms with E-state index in [2.05, 4.69) is 187 Å². The Morgan fingerprint density at radius 3 is 2.20 bits per heavy atom. The van der Waals surface area contributed by atoms with Crippen LogP contribution in [0.25, 0.3) is 27.6 Å². The summed E-state index contributed by atoms with van der Waals surface area (Å²) in [6.07, 6.45) is 1.92. The standard InChI is InChI=1S/C43H39N5.Pt/c1-30(2)45-29-46(40-21-12-11-20-39(40)45)33-16-13-17-34(27-33)47(32-14-7-6-8-15-32)35-22-23-37-36-18-9-10-19-38(36)48(41(37)28-35)42-26-31(24-25-44-42)43(3,4)5;/h6-26,30H,29H2,1-5H3;/q-2;+2. The van der Waals surface area contributed by atoms with Gasteiger partial charge in [0.15, 0.2) is 0 Å². The predicted molar refractivity (Wildman–Crippen MR) is 201 cm³/mol. The first-order valence-electron chi connectivity index (χ1n) is 16.7. The number of para-hydroxylation sites is 4. The van der Waals surface area contributed by atoms with E-state index in [9.17, 15) is 0 Å². The summed E-state index contributed by atoms with van der Waals surface area (Å²) in [5.41, 5.74) is 9.76. The normalized spacial score (nSPS) is 12.9. The molecule has 49 heavy (non-hydrogen) atoms. The summed E-state index contributed by atoms with van der Waals surface area (Å²) in [5, 5.41) is 2.32. The van der Waals surface area contributed by atoms with Crippen molar-refractivity contribution in [3.05, 3.63) is 145 Å². The van der Waals surface area contributed by atoms with Gasteiger partial charge in [0.1, 0.15) is 5.82 Å². The number of hydrogen-bond acceptors (Lipinski definition) is 4. The molecule has 8 rings (SSSR count). The maximum atomic E-state index is 4.89. The van der Waals surface area contributed by atoms with Crippen LogP contribution in [0.2, 0.25) is 0 Å². The van der Waals surface area contributed by atoms with Crippen molar-refractivity contribution >= 4 is 55.9 Å². The molecule has 0 saturated carbocycles. The van der Waals surface area contributed by atoms with Gasteiger partial charge in [0.25, 0.3) is 0 Å². The monoisotopic (exact) mass is 820 g/mol. The average molecular weight is 821 g/mol. The molecule has 0 atom stereocenters. The molecule has 0 unspecified atom stereocenters. The Bertz CT molecular complexity index is 2270. The van der Waals surface area contributed by atoms with Crippen LogP contribution >= 0.6 is 0 Å². The van der Waals surface area contributed by atoms with Crippen LogP contribution in [0.4, 0.5) is 34.1 Å². The van der Waals surface area contributed by atoms with E-state index in [1.165, 1.54) is 22.3 Å². The third-order valence-corrected chi connectivity index (χ3v) is 9.36. The van der Waals surface area contributed by atoms with Gasteiger partial charge < -0.3 is 19.3 Å². The van der Waals surface area contributed by atoms with E-state index in [4.69, 9.17) is 4.98 Å². The van der Waals surface area contributed by atoms with Crippen LogP contribution in [-0.4, -0.2) is 22.3 Å². The molecule has 0 spiro atoms. The van der Waals surface area contributed by atoms with Crippen molar-refractivity contribution in [1.82, 2.24) is 9.55 Å². The van der Waals surface area contributed by atoms with E-state index in [0.717, 1.165) is 51.7 Å². The van der Waals surface area contributed by atoms with E-state index < -0.39 is 0 Å². The number of fused-ring (bicyclic) bond motifs is 4. The third kappa shape index (κ3) is 5.81. The molecule has 0 amide bonds. The Balaban J connectivity index is 0.00000378. The Kier molecular flexibility index (Phi) is 8.58. The summed E-state index contributed by atoms with van der Waals surface area (Å²) in [7, 11) is 0. The van der Waals surface area contributed by atoms with Crippen LogP contribution in [0, 0.1) is 12.1 Å². The summed E-state index contributed by atoms with van der Waals surface area (Å²) < 4.78 is 2.26. The van der Waals surface area contributed by atoms with Gasteiger partial charge in [-0.2, -0.15) is 12.1 Å². The SMILES string of the molecule is CC(C)N1CN(c2[c-]c(N(c3[c-]c4c(cc3)c3ccccc3n4-c3cc(C(C)(C)C)ccn3)c3ccccc3)ccc2)c2ccccc21.[Pt+2]. The quantitative estimate of drug-likeness (QED) is 0.156. The van der Waals surface area contributed by atoms with Gasteiger partial charge in [-0.15, -0.1) is 35.7 Å². The molecular formula is C43H39N5Pt. The summed E-state index contributed by atoms with van der Waals surface area (Å²) in [4.78, 5) is 11.9. The predicted octanol–water partition coefficient (Wildman–Crippen LogP) is 10.9. The van der Waals surface area contributed by atoms with Gasteiger partial charge in [-0.25, -0.2) is 4.98 Å². The van der Waals surface area contributed by atoms with Crippen molar-refractivity contribution < 1.29 is 21.1 Å². The summed E-state index contributed by atoms with van der Waals surface area (Å²) in [6.45, 7) is 12.0. The zero-order chi connectivity index (χ0) is 33.0. The van der Waals surface area contributed by atoms with E-state index >= 15 is 0 Å². The minimum absolute atomic E-state index is 0. The van der Waals surface area contributed by atoms with E-state index in [1.807, 2.05) is 6.20 Å². The Labute approximate surface area is 303 Å². The molecule has 3 heterocycles. The molecule has 1 aliphatic rings. The second-order valence-corrected chi connectivity index (χ2v) is 13.8. The molecule has 0 aliphatic carbocycles. The van der Waals surface area contributed by atoms with Gasteiger partial charge in [-0.1, -0.05) is 91.9 Å². The van der Waals surface area contributed by atoms with Crippen molar-refractivity contribution in [1.29, 1.82) is 0 Å². The second kappa shape index (κ2) is 12.9. The molecule has 0 radical (unpaired) electrons. The number of hydrogen-bond donors (Lipinski definition) is 0. The van der Waals surface area contributed by atoms with Crippen molar-refractivity contribution in [3.8, 4) is 5.82 Å². The van der Waals surface area contributed by atoms with Crippen LogP contribution in [0.5, 0.6) is 0 Å². The van der Waals surface area contributed by atoms with Gasteiger partial charge in [0.2, 0.25) is 0 Å². The number of benzene rings is 5. The first kappa shape index (κ1) is 32.7. The minimum atomic E-state index is -0.00165. The van der Waals surface area contributed by atoms with Gasteiger partial charge in [0, 0.05) is 23.4 Å². The van der Waals surface area contributed by atoms with Crippen LogP contribution < -0.4 is 14.7 Å². The summed E-state index contributed by atoms with van der Waals surface area (Å²) in [6, 6.07) is 51.0. The maximum absolute atomic E-state index is 4.89. The number of pyridine rings is 1. The summed E-state index contributed by atoms with van der Waals surface area (Å²) >= 11 is 0. The van der Waals surface area contributed by atoms with Crippen molar-refractivity contribution in [2.24, 2.45) is 0 Å². The fourth-order valence-corrected chi connectivity index (χ4v) is 6.86. The van der Waals surface area contributed by atoms with E-state index in [-0.39, 0.29) is 26.5 Å². The molecule has 0 fully saturated rings. The minimum Gasteiger partial charge on any atom is -0.358 e. The topological polar surface area (TPSA) is 27.5 Å². The molecule has 0 saturated heterocycles. The van der Waals surface area contributed by atoms with Gasteiger partial charge in [-0.05, 0) is 72.7 Å². The summed E-state index contributed by atoms with van der Waals surface area (Å²) in [5.74, 6) is 0.893. The first-order chi connectivity index (χ1) is 23.3. The molecule has 246 valence electrons. The van der Waals surface area contributed by atoms with Crippen LogP contribution in [0.1, 0.15) is 40.2 Å². The number of aromatic nitrogens is 2. The maximum Gasteiger partial charge on any atom is 2.00 e. The van der Waals surface area contributed by atoms with Gasteiger partial charge in [-0.3, -0.25) is 0 Å². The number of rotatable bonds is 6. The third-order valence-electron chi connectivity index (χ3n) is 9.36. The van der Waals surface area contributed by atoms with Crippen molar-refractivity contribution in [2.75, 3.05) is 21.4 Å². The average Bonchev–Trinajstić information content (AvgIpc) is 3.65. The molecular weight excluding hydrogens is 782 g/mol. The molecule has 6 heteroatoms. The van der Waals surface area contributed by atoms with Gasteiger partial charge in [0.05, 0.1) is 18.0 Å². The molecule has 1 aliphatic heterocycles.